The van der Waals surface area contributed by atoms with Gasteiger partial charge in [0.25, 0.3) is 0 Å². The molecule has 2 saturated heterocycles. The van der Waals surface area contributed by atoms with Crippen LogP contribution in [0.2, 0.25) is 0 Å². The predicted molar refractivity (Wildman–Crippen MR) is 126 cm³/mol. The molecule has 2 fully saturated rings. The fraction of sp³-hybridized carbons (Fsp3) is 0.409. The van der Waals surface area contributed by atoms with Gasteiger partial charge in [-0.15, -0.1) is 0 Å². The van der Waals surface area contributed by atoms with Gasteiger partial charge in [-0.05, 0) is 48.9 Å². The molecule has 6 rings (SSSR count). The highest BCUT2D eigenvalue weighted by atomic mass is 32.2. The quantitative estimate of drug-likeness (QED) is 0.588. The summed E-state index contributed by atoms with van der Waals surface area (Å²) in [6.45, 7) is 3.81. The first-order valence-corrected chi connectivity index (χ1v) is 12.6. The highest BCUT2D eigenvalue weighted by molar-refractivity contribution is 8.00. The minimum Gasteiger partial charge on any atom is -0.375 e. The number of hydrogen-bond donors (Lipinski definition) is 1. The van der Waals surface area contributed by atoms with E-state index in [0.29, 0.717) is 27.8 Å². The lowest BCUT2D eigenvalue weighted by atomic mass is 10.1. The number of hydrogen-bond acceptors (Lipinski definition) is 9. The third-order valence-corrected chi connectivity index (χ3v) is 8.49. The van der Waals surface area contributed by atoms with Gasteiger partial charge in [-0.2, -0.15) is 5.26 Å². The number of ether oxygens (including phenoxy) is 1. The molecular weight excluding hydrogens is 461 g/mol. The minimum atomic E-state index is -0.317. The lowest BCUT2D eigenvalue weighted by Gasteiger charge is -2.31. The number of likely N-dealkylation sites (tertiary alicyclic amines) is 1. The highest BCUT2D eigenvalue weighted by Crippen LogP contribution is 2.42. The average Bonchev–Trinajstić information content (AvgIpc) is 3.63. The number of halogens is 1. The molecule has 170 valence electrons. The van der Waals surface area contributed by atoms with E-state index in [2.05, 4.69) is 23.3 Å². The van der Waals surface area contributed by atoms with Crippen LogP contribution in [0.3, 0.4) is 0 Å². The molecule has 2 bridgehead atoms. The van der Waals surface area contributed by atoms with Gasteiger partial charge < -0.3 is 9.64 Å². The third-order valence-electron chi connectivity index (χ3n) is 6.37. The summed E-state index contributed by atoms with van der Waals surface area (Å²) in [6, 6.07) is 8.77. The number of thioether (sulfide) groups is 1. The predicted octanol–water partition coefficient (Wildman–Crippen LogP) is 3.75. The van der Waals surface area contributed by atoms with Crippen LogP contribution in [-0.4, -0.2) is 57.4 Å². The van der Waals surface area contributed by atoms with Gasteiger partial charge in [0, 0.05) is 25.2 Å². The number of nitriles is 1. The van der Waals surface area contributed by atoms with Crippen molar-refractivity contribution in [3.8, 4) is 17.3 Å². The molecule has 3 aromatic rings. The normalized spacial score (nSPS) is 23.5. The van der Waals surface area contributed by atoms with Crippen LogP contribution in [0.25, 0.3) is 11.3 Å². The van der Waals surface area contributed by atoms with Gasteiger partial charge in [0.1, 0.15) is 28.0 Å². The van der Waals surface area contributed by atoms with Gasteiger partial charge >= 0.3 is 0 Å². The molecule has 3 atom stereocenters. The van der Waals surface area contributed by atoms with Crippen LogP contribution in [-0.2, 0) is 11.2 Å². The molecule has 0 radical (unpaired) electrons. The molecule has 0 amide bonds. The molecule has 3 aliphatic rings. The lowest BCUT2D eigenvalue weighted by Crippen LogP contribution is -2.46. The smallest absolute Gasteiger partial charge is 0.192 e. The largest absolute Gasteiger partial charge is 0.375 e. The van der Waals surface area contributed by atoms with Crippen molar-refractivity contribution in [2.75, 3.05) is 30.5 Å². The van der Waals surface area contributed by atoms with E-state index >= 15 is 0 Å². The van der Waals surface area contributed by atoms with Gasteiger partial charge in [-0.25, -0.2) is 19.0 Å². The Morgan fingerprint density at radius 1 is 1.33 bits per heavy atom. The Bertz CT molecular complexity index is 1250. The monoisotopic (exact) mass is 483 g/mol. The molecule has 2 aromatic heterocycles. The van der Waals surface area contributed by atoms with E-state index < -0.39 is 0 Å². The number of nitrogens with one attached hydrogen (secondary N) is 1. The molecule has 3 aliphatic heterocycles. The summed E-state index contributed by atoms with van der Waals surface area (Å²) in [5, 5.41) is 11.3. The van der Waals surface area contributed by atoms with Crippen molar-refractivity contribution < 1.29 is 9.13 Å². The van der Waals surface area contributed by atoms with E-state index in [4.69, 9.17) is 14.7 Å². The van der Waals surface area contributed by atoms with Crippen LogP contribution >= 0.6 is 23.1 Å². The first kappa shape index (κ1) is 20.9. The van der Waals surface area contributed by atoms with Crippen LogP contribution in [0.5, 0.6) is 0 Å². The number of rotatable bonds is 5. The van der Waals surface area contributed by atoms with Crippen molar-refractivity contribution >= 4 is 34.0 Å². The summed E-state index contributed by atoms with van der Waals surface area (Å²) >= 11 is 3.05. The van der Waals surface area contributed by atoms with Gasteiger partial charge in [0.15, 0.2) is 16.1 Å². The first-order chi connectivity index (χ1) is 16.1. The zero-order valence-electron chi connectivity index (χ0n) is 18.2. The molecule has 0 saturated carbocycles. The average molecular weight is 484 g/mol. The summed E-state index contributed by atoms with van der Waals surface area (Å²) in [5.74, 6) is 0.607. The number of imidazole rings is 1. The molecule has 5 heterocycles. The summed E-state index contributed by atoms with van der Waals surface area (Å²) in [7, 11) is 1.95. The second kappa shape index (κ2) is 7.99. The van der Waals surface area contributed by atoms with Gasteiger partial charge in [-0.1, -0.05) is 18.3 Å². The summed E-state index contributed by atoms with van der Waals surface area (Å²) in [4.78, 5) is 14.6. The Hall–Kier alpha value is -2.65. The van der Waals surface area contributed by atoms with Gasteiger partial charge in [0.2, 0.25) is 0 Å². The Morgan fingerprint density at radius 2 is 2.15 bits per heavy atom. The van der Waals surface area contributed by atoms with Gasteiger partial charge in [-0.3, -0.25) is 10.3 Å². The molecule has 0 aliphatic carbocycles. The molecular formula is C22H22FN7OS2. The number of benzene rings is 1. The zero-order chi connectivity index (χ0) is 22.7. The van der Waals surface area contributed by atoms with Crippen molar-refractivity contribution in [1.29, 1.82) is 5.26 Å². The van der Waals surface area contributed by atoms with E-state index in [9.17, 15) is 9.65 Å². The maximum atomic E-state index is 13.4. The first-order valence-electron chi connectivity index (χ1n) is 10.9. The maximum Gasteiger partial charge on any atom is 0.192 e. The number of thiazole rings is 1. The van der Waals surface area contributed by atoms with Crippen molar-refractivity contribution in [3.63, 3.8) is 0 Å². The second-order valence-corrected chi connectivity index (χ2v) is 10.4. The zero-order valence-corrected chi connectivity index (χ0v) is 19.8. The Kier molecular flexibility index (Phi) is 5.06. The van der Waals surface area contributed by atoms with Crippen molar-refractivity contribution in [3.05, 3.63) is 40.7 Å². The van der Waals surface area contributed by atoms with E-state index in [0.717, 1.165) is 48.2 Å². The van der Waals surface area contributed by atoms with Crippen LogP contribution in [0, 0.1) is 17.1 Å². The lowest BCUT2D eigenvalue weighted by molar-refractivity contribution is 0.0284. The molecule has 8 nitrogen and oxygen atoms in total. The summed E-state index contributed by atoms with van der Waals surface area (Å²) in [5.41, 5.74) is 5.99. The number of nitrogens with zero attached hydrogens (tertiary/aromatic N) is 6. The Balaban J connectivity index is 1.32. The number of fused-ring (bicyclic) bond motifs is 3. The molecule has 1 N–H and O–H groups in total. The number of anilines is 2. The minimum absolute atomic E-state index is 0.116. The molecule has 33 heavy (non-hydrogen) atoms. The van der Waals surface area contributed by atoms with Crippen LogP contribution in [0.15, 0.2) is 29.4 Å². The fourth-order valence-corrected chi connectivity index (χ4v) is 6.74. The summed E-state index contributed by atoms with van der Waals surface area (Å²) in [6.07, 6.45) is 2.20. The molecule has 3 unspecified atom stereocenters. The standard InChI is InChI=1S/C22H22FN7OS2/c1-3-16-19(30-21(25-16)33-22(27-30)29-10-15-8-14(29)11-31-15)28(2)20-26-18(17(9-24)32-20)12-4-6-13(23)7-5-12/h4-7,14-15,22,27H,3,8,10-11H2,1-2H3. The number of morpholine rings is 1. The molecule has 1 aromatic carbocycles. The fourth-order valence-electron chi connectivity index (χ4n) is 4.73. The molecule has 0 spiro atoms. The van der Waals surface area contributed by atoms with E-state index in [1.807, 2.05) is 16.6 Å². The van der Waals surface area contributed by atoms with E-state index in [1.54, 1.807) is 23.9 Å². The van der Waals surface area contributed by atoms with E-state index in [-0.39, 0.29) is 11.3 Å². The van der Waals surface area contributed by atoms with E-state index in [1.165, 1.54) is 23.5 Å². The van der Waals surface area contributed by atoms with Crippen molar-refractivity contribution in [2.45, 2.75) is 42.6 Å². The Labute approximate surface area is 199 Å². The molecule has 11 heteroatoms. The number of aryl methyl sites for hydroxylation is 1. The van der Waals surface area contributed by atoms with Crippen LogP contribution in [0.4, 0.5) is 15.3 Å². The maximum absolute atomic E-state index is 13.4. The summed E-state index contributed by atoms with van der Waals surface area (Å²) < 4.78 is 21.2. The van der Waals surface area contributed by atoms with Crippen LogP contribution < -0.4 is 10.3 Å². The van der Waals surface area contributed by atoms with Crippen molar-refractivity contribution in [1.82, 2.24) is 19.5 Å². The van der Waals surface area contributed by atoms with Crippen molar-refractivity contribution in [2.24, 2.45) is 0 Å². The van der Waals surface area contributed by atoms with Gasteiger partial charge in [0.05, 0.1) is 18.4 Å². The highest BCUT2D eigenvalue weighted by Gasteiger charge is 2.45. The third kappa shape index (κ3) is 3.40. The topological polar surface area (TPSA) is 82.2 Å². The Morgan fingerprint density at radius 3 is 2.82 bits per heavy atom. The van der Waals surface area contributed by atoms with Crippen LogP contribution in [0.1, 0.15) is 23.9 Å². The second-order valence-electron chi connectivity index (χ2n) is 8.35. The SMILES string of the molecule is CCc1nc2n(c1N(C)c1nc(-c3ccc(F)cc3)c(C#N)s1)NC(N1CC3CC1CO3)S2. The number of aromatic nitrogens is 3.